The smallest absolute Gasteiger partial charge is 0.453 e. The van der Waals surface area contributed by atoms with Gasteiger partial charge in [0.25, 0.3) is 17.9 Å². The molecule has 0 amide bonds. The first-order chi connectivity index (χ1) is 9.12. The third kappa shape index (κ3) is 5.65. The zero-order valence-corrected chi connectivity index (χ0v) is 12.6. The summed E-state index contributed by atoms with van der Waals surface area (Å²) >= 11 is 0. The molecule has 112 valence electrons. The Hall–Kier alpha value is -2.16. The largest absolute Gasteiger partial charge is 0.748 e. The lowest BCUT2D eigenvalue weighted by molar-refractivity contribution is -0.156. The summed E-state index contributed by atoms with van der Waals surface area (Å²) in [4.78, 5) is 44.6. The standard InChI is InChI=1S/C11H16O8Si/c1-6-11(15)16-10(5)20(17-7(2)12,18-8(3)13)19-9(4)14/h6,10H,1H2,2-5H3. The molecule has 0 heterocycles. The van der Waals surface area contributed by atoms with Gasteiger partial charge in [-0.15, -0.1) is 0 Å². The van der Waals surface area contributed by atoms with Crippen molar-refractivity contribution in [1.29, 1.82) is 0 Å². The van der Waals surface area contributed by atoms with Crippen LogP contribution in [0, 0.1) is 0 Å². The number of esters is 1. The molecule has 0 aromatic heterocycles. The van der Waals surface area contributed by atoms with Crippen LogP contribution in [-0.4, -0.2) is 38.4 Å². The van der Waals surface area contributed by atoms with Gasteiger partial charge in [0.1, 0.15) is 0 Å². The average molecular weight is 304 g/mol. The second-order valence-electron chi connectivity index (χ2n) is 3.67. The van der Waals surface area contributed by atoms with E-state index in [1.807, 2.05) is 0 Å². The topological polar surface area (TPSA) is 105 Å². The fourth-order valence-corrected chi connectivity index (χ4v) is 3.29. The lowest BCUT2D eigenvalue weighted by atomic mass is 10.6. The SMILES string of the molecule is C=CC(=O)OC(C)[Si](OC(C)=O)(OC(C)=O)OC(C)=O. The van der Waals surface area contributed by atoms with Gasteiger partial charge in [-0.2, -0.15) is 0 Å². The van der Waals surface area contributed by atoms with Crippen LogP contribution in [0.4, 0.5) is 0 Å². The van der Waals surface area contributed by atoms with E-state index in [1.165, 1.54) is 6.92 Å². The summed E-state index contributed by atoms with van der Waals surface area (Å²) in [5, 5.41) is 0. The van der Waals surface area contributed by atoms with Crippen molar-refractivity contribution in [3.63, 3.8) is 0 Å². The van der Waals surface area contributed by atoms with Crippen molar-refractivity contribution < 1.29 is 37.2 Å². The predicted octanol–water partition coefficient (Wildman–Crippen LogP) is 0.272. The van der Waals surface area contributed by atoms with Gasteiger partial charge in [0.05, 0.1) is 0 Å². The summed E-state index contributed by atoms with van der Waals surface area (Å²) in [6, 6.07) is 0. The Morgan fingerprint density at radius 2 is 1.30 bits per heavy atom. The average Bonchev–Trinajstić information content (AvgIpc) is 2.25. The fraction of sp³-hybridized carbons (Fsp3) is 0.455. The quantitative estimate of drug-likeness (QED) is 0.391. The van der Waals surface area contributed by atoms with Gasteiger partial charge >= 0.3 is 14.8 Å². The highest BCUT2D eigenvalue weighted by atomic mass is 28.4. The van der Waals surface area contributed by atoms with E-state index in [0.29, 0.717) is 0 Å². The van der Waals surface area contributed by atoms with Crippen LogP contribution in [0.25, 0.3) is 0 Å². The third-order valence-corrected chi connectivity index (χ3v) is 4.65. The fourth-order valence-electron chi connectivity index (χ4n) is 1.21. The Morgan fingerprint density at radius 3 is 1.55 bits per heavy atom. The van der Waals surface area contributed by atoms with Crippen LogP contribution >= 0.6 is 0 Å². The molecule has 8 nitrogen and oxygen atoms in total. The normalized spacial score (nSPS) is 11.8. The highest BCUT2D eigenvalue weighted by Gasteiger charge is 2.60. The van der Waals surface area contributed by atoms with Gasteiger partial charge in [-0.3, -0.25) is 14.4 Å². The molecule has 0 aliphatic heterocycles. The zero-order valence-electron chi connectivity index (χ0n) is 11.6. The first-order valence-corrected chi connectivity index (χ1v) is 7.35. The molecular formula is C11H16O8Si. The Balaban J connectivity index is 5.48. The van der Waals surface area contributed by atoms with Crippen molar-refractivity contribution >= 4 is 32.7 Å². The van der Waals surface area contributed by atoms with E-state index in [1.54, 1.807) is 0 Å². The molecule has 0 N–H and O–H groups in total. The number of rotatable bonds is 6. The monoisotopic (exact) mass is 304 g/mol. The van der Waals surface area contributed by atoms with E-state index in [-0.39, 0.29) is 0 Å². The summed E-state index contributed by atoms with van der Waals surface area (Å²) < 4.78 is 19.4. The Bertz CT molecular complexity index is 389. The summed E-state index contributed by atoms with van der Waals surface area (Å²) in [7, 11) is -4.21. The molecule has 0 radical (unpaired) electrons. The van der Waals surface area contributed by atoms with Gasteiger partial charge in [0.15, 0.2) is 0 Å². The van der Waals surface area contributed by atoms with E-state index in [9.17, 15) is 19.2 Å². The lowest BCUT2D eigenvalue weighted by Gasteiger charge is -2.29. The highest BCUT2D eigenvalue weighted by Crippen LogP contribution is 2.19. The Labute approximate surface area is 117 Å². The van der Waals surface area contributed by atoms with Crippen LogP contribution in [0.1, 0.15) is 27.7 Å². The van der Waals surface area contributed by atoms with Gasteiger partial charge in [-0.25, -0.2) is 4.79 Å². The second-order valence-corrected chi connectivity index (χ2v) is 6.30. The molecule has 20 heavy (non-hydrogen) atoms. The van der Waals surface area contributed by atoms with Crippen LogP contribution in [0.2, 0.25) is 0 Å². The minimum Gasteiger partial charge on any atom is -0.453 e. The number of carbonyl (C=O) groups excluding carboxylic acids is 4. The first kappa shape index (κ1) is 17.8. The van der Waals surface area contributed by atoms with E-state index < -0.39 is 38.4 Å². The number of ether oxygens (including phenoxy) is 1. The molecule has 0 bridgehead atoms. The van der Waals surface area contributed by atoms with Crippen LogP contribution in [0.3, 0.4) is 0 Å². The molecule has 0 saturated carbocycles. The lowest BCUT2D eigenvalue weighted by Crippen LogP contribution is -2.59. The number of hydrogen-bond acceptors (Lipinski definition) is 8. The maximum Gasteiger partial charge on any atom is 0.748 e. The molecule has 9 heteroatoms. The zero-order chi connectivity index (χ0) is 15.9. The van der Waals surface area contributed by atoms with Gasteiger partial charge in [0.2, 0.25) is 5.73 Å². The van der Waals surface area contributed by atoms with Crippen molar-refractivity contribution in [2.75, 3.05) is 0 Å². The first-order valence-electron chi connectivity index (χ1n) is 5.54. The third-order valence-electron chi connectivity index (χ3n) is 1.82. The summed E-state index contributed by atoms with van der Waals surface area (Å²) in [6.07, 6.45) is 0.866. The summed E-state index contributed by atoms with van der Waals surface area (Å²) in [6.45, 7) is 7.59. The molecule has 0 rings (SSSR count). The van der Waals surface area contributed by atoms with Gasteiger partial charge < -0.3 is 18.0 Å². The molecule has 1 unspecified atom stereocenters. The second kappa shape index (κ2) is 7.43. The maximum atomic E-state index is 11.2. The molecule has 0 aromatic rings. The summed E-state index contributed by atoms with van der Waals surface area (Å²) in [5.74, 6) is -3.39. The van der Waals surface area contributed by atoms with Crippen LogP contribution < -0.4 is 0 Å². The van der Waals surface area contributed by atoms with E-state index in [4.69, 9.17) is 18.0 Å². The summed E-state index contributed by atoms with van der Waals surface area (Å²) in [5.41, 5.74) is -1.26. The molecular weight excluding hydrogens is 288 g/mol. The van der Waals surface area contributed by atoms with E-state index >= 15 is 0 Å². The molecule has 0 fully saturated rings. The van der Waals surface area contributed by atoms with Crippen molar-refractivity contribution in [3.8, 4) is 0 Å². The molecule has 0 aromatic carbocycles. The Morgan fingerprint density at radius 1 is 0.950 bits per heavy atom. The number of hydrogen-bond donors (Lipinski definition) is 0. The predicted molar refractivity (Wildman–Crippen MR) is 66.8 cm³/mol. The molecule has 1 atom stereocenters. The van der Waals surface area contributed by atoms with Crippen molar-refractivity contribution in [1.82, 2.24) is 0 Å². The van der Waals surface area contributed by atoms with Gasteiger partial charge in [-0.05, 0) is 6.92 Å². The van der Waals surface area contributed by atoms with E-state index in [0.717, 1.165) is 26.8 Å². The van der Waals surface area contributed by atoms with Gasteiger partial charge in [-0.1, -0.05) is 6.58 Å². The van der Waals surface area contributed by atoms with Crippen molar-refractivity contribution in [2.45, 2.75) is 33.4 Å². The molecule has 0 aliphatic rings. The van der Waals surface area contributed by atoms with E-state index in [2.05, 4.69) is 6.58 Å². The molecule has 0 saturated heterocycles. The van der Waals surface area contributed by atoms with Crippen LogP contribution in [0.15, 0.2) is 12.7 Å². The van der Waals surface area contributed by atoms with Crippen LogP contribution in [0.5, 0.6) is 0 Å². The molecule has 0 aliphatic carbocycles. The minimum absolute atomic E-state index is 0.846. The van der Waals surface area contributed by atoms with Crippen LogP contribution in [-0.2, 0) is 37.2 Å². The van der Waals surface area contributed by atoms with Gasteiger partial charge in [0, 0.05) is 26.8 Å². The molecule has 0 spiro atoms. The Kier molecular flexibility index (Phi) is 6.63. The highest BCUT2D eigenvalue weighted by molar-refractivity contribution is 6.67. The van der Waals surface area contributed by atoms with Crippen molar-refractivity contribution in [3.05, 3.63) is 12.7 Å². The van der Waals surface area contributed by atoms with Crippen molar-refractivity contribution in [2.24, 2.45) is 0 Å². The minimum atomic E-state index is -4.21. The maximum absolute atomic E-state index is 11.2. The number of carbonyl (C=O) groups is 4.